The molecule has 0 amide bonds. The number of nitrogens with zero attached hydrogens (tertiary/aromatic N) is 4. The second-order valence-electron chi connectivity index (χ2n) is 8.36. The minimum absolute atomic E-state index is 0.0495. The Bertz CT molecular complexity index is 1110. The first kappa shape index (κ1) is 26.2. The Morgan fingerprint density at radius 1 is 1.31 bits per heavy atom. The van der Waals surface area contributed by atoms with Crippen molar-refractivity contribution in [1.82, 2.24) is 19.5 Å². The number of fused-ring (bicyclic) bond motifs is 1. The Kier molecular flexibility index (Phi) is 7.93. The van der Waals surface area contributed by atoms with Gasteiger partial charge in [-0.05, 0) is 31.4 Å². The van der Waals surface area contributed by atoms with E-state index in [2.05, 4.69) is 25.0 Å². The van der Waals surface area contributed by atoms with Crippen molar-refractivity contribution in [3.8, 4) is 0 Å². The summed E-state index contributed by atoms with van der Waals surface area (Å²) in [5, 5.41) is 24.4. The summed E-state index contributed by atoms with van der Waals surface area (Å²) in [5.41, 5.74) is 0.651. The fourth-order valence-corrected chi connectivity index (χ4v) is 5.03. The highest BCUT2D eigenvalue weighted by Gasteiger charge is 2.46. The molecule has 0 unspecified atom stereocenters. The summed E-state index contributed by atoms with van der Waals surface area (Å²) < 4.78 is 28.5. The molecule has 194 valence electrons. The maximum absolute atomic E-state index is 11.9. The van der Waals surface area contributed by atoms with Gasteiger partial charge < -0.3 is 39.5 Å². The van der Waals surface area contributed by atoms with Crippen molar-refractivity contribution in [1.29, 1.82) is 0 Å². The second kappa shape index (κ2) is 10.6. The van der Waals surface area contributed by atoms with Crippen LogP contribution >= 0.6 is 19.2 Å². The van der Waals surface area contributed by atoms with E-state index in [9.17, 15) is 29.4 Å². The first-order valence-electron chi connectivity index (χ1n) is 11.1. The van der Waals surface area contributed by atoms with Crippen LogP contribution in [0.2, 0.25) is 5.28 Å². The average molecular weight is 536 g/mol. The minimum atomic E-state index is -5.02. The van der Waals surface area contributed by atoms with Crippen molar-refractivity contribution in [2.24, 2.45) is 0 Å². The predicted octanol–water partition coefficient (Wildman–Crippen LogP) is 0.537. The van der Waals surface area contributed by atoms with Crippen LogP contribution in [0.3, 0.4) is 0 Å². The molecule has 1 aliphatic carbocycles. The van der Waals surface area contributed by atoms with E-state index in [1.807, 2.05) is 0 Å². The Morgan fingerprint density at radius 2 is 2.03 bits per heavy atom. The van der Waals surface area contributed by atoms with Crippen molar-refractivity contribution >= 4 is 42.1 Å². The number of hydrogen-bond donors (Lipinski definition) is 5. The zero-order chi connectivity index (χ0) is 25.3. The predicted molar refractivity (Wildman–Crippen MR) is 121 cm³/mol. The normalized spacial score (nSPS) is 26.3. The standard InChI is InChI=1S/C19H27ClN5O9P/c1-2-32-17(28)18(35(29,30)31)33-7-10-12(26)13(27)16(34-10)25-8-21-11-14(22-9-5-3-4-6-9)23-19(20)24-15(11)25/h8-10,12-13,16,18,26-27H,2-7H2,1H3,(H,22,23,24)(H2,29,30,31)/t10-,12+,13-,16-,18-/m1/s1. The van der Waals surface area contributed by atoms with Gasteiger partial charge in [0.15, 0.2) is 23.2 Å². The van der Waals surface area contributed by atoms with E-state index in [0.717, 1.165) is 25.7 Å². The van der Waals surface area contributed by atoms with E-state index >= 15 is 0 Å². The quantitative estimate of drug-likeness (QED) is 0.169. The van der Waals surface area contributed by atoms with E-state index < -0.39 is 50.6 Å². The van der Waals surface area contributed by atoms with Crippen molar-refractivity contribution in [3.63, 3.8) is 0 Å². The molecule has 2 fully saturated rings. The van der Waals surface area contributed by atoms with Crippen molar-refractivity contribution in [3.05, 3.63) is 11.6 Å². The van der Waals surface area contributed by atoms with Crippen LogP contribution in [-0.2, 0) is 23.6 Å². The molecule has 3 heterocycles. The summed E-state index contributed by atoms with van der Waals surface area (Å²) in [6, 6.07) is 0.229. The molecule has 2 aromatic rings. The number of ether oxygens (including phenoxy) is 3. The third-order valence-corrected chi connectivity index (χ3v) is 7.05. The topological polar surface area (TPSA) is 198 Å². The molecule has 0 spiro atoms. The molecule has 14 nitrogen and oxygen atoms in total. The molecule has 35 heavy (non-hydrogen) atoms. The van der Waals surface area contributed by atoms with Crippen LogP contribution in [0.5, 0.6) is 0 Å². The van der Waals surface area contributed by atoms with Gasteiger partial charge in [-0.1, -0.05) is 12.8 Å². The maximum atomic E-state index is 11.9. The fourth-order valence-electron chi connectivity index (χ4n) is 4.24. The van der Waals surface area contributed by atoms with Gasteiger partial charge in [-0.3, -0.25) is 9.13 Å². The largest absolute Gasteiger partial charge is 0.464 e. The molecular weight excluding hydrogens is 509 g/mol. The zero-order valence-electron chi connectivity index (χ0n) is 18.7. The Labute approximate surface area is 204 Å². The SMILES string of the molecule is CCOC(=O)[C@H](OC[C@H]1O[C@@H](n2cnc3c(NC4CCCC4)nc(Cl)nc32)[C@H](O)[C@H]1O)P(=O)(O)O. The number of carbonyl (C=O) groups excluding carboxylic acids is 1. The van der Waals surface area contributed by atoms with Gasteiger partial charge in [0.05, 0.1) is 19.5 Å². The first-order valence-corrected chi connectivity index (χ1v) is 13.2. The summed E-state index contributed by atoms with van der Waals surface area (Å²) in [7, 11) is -5.02. The molecule has 2 aromatic heterocycles. The van der Waals surface area contributed by atoms with Gasteiger partial charge in [0.2, 0.25) is 5.28 Å². The molecule has 2 aliphatic rings. The Morgan fingerprint density at radius 3 is 2.69 bits per heavy atom. The molecule has 16 heteroatoms. The van der Waals surface area contributed by atoms with E-state index in [1.165, 1.54) is 17.8 Å². The summed E-state index contributed by atoms with van der Waals surface area (Å²) in [6.07, 6.45) is 0.160. The third-order valence-electron chi connectivity index (χ3n) is 5.91. The lowest BCUT2D eigenvalue weighted by molar-refractivity contribution is -0.155. The summed E-state index contributed by atoms with van der Waals surface area (Å²) >= 11 is 6.13. The number of halogens is 1. The van der Waals surface area contributed by atoms with Crippen LogP contribution in [0.15, 0.2) is 6.33 Å². The number of imidazole rings is 1. The van der Waals surface area contributed by atoms with Crippen LogP contribution in [0.4, 0.5) is 5.82 Å². The number of esters is 1. The van der Waals surface area contributed by atoms with Crippen LogP contribution < -0.4 is 5.32 Å². The molecule has 0 bridgehead atoms. The summed E-state index contributed by atoms with van der Waals surface area (Å²) in [5.74, 6) is -3.00. The zero-order valence-corrected chi connectivity index (χ0v) is 20.4. The van der Waals surface area contributed by atoms with E-state index in [0.29, 0.717) is 11.3 Å². The Hall–Kier alpha value is -1.90. The van der Waals surface area contributed by atoms with Crippen LogP contribution in [0.25, 0.3) is 11.2 Å². The van der Waals surface area contributed by atoms with Gasteiger partial charge >= 0.3 is 13.6 Å². The van der Waals surface area contributed by atoms with Crippen LogP contribution in [-0.4, -0.2) is 88.9 Å². The van der Waals surface area contributed by atoms with Gasteiger partial charge in [0, 0.05) is 6.04 Å². The average Bonchev–Trinajstić information content (AvgIpc) is 3.49. The molecule has 1 saturated carbocycles. The number of carbonyl (C=O) groups is 1. The first-order chi connectivity index (χ1) is 16.6. The van der Waals surface area contributed by atoms with Gasteiger partial charge in [-0.25, -0.2) is 9.78 Å². The van der Waals surface area contributed by atoms with Gasteiger partial charge in [-0.15, -0.1) is 0 Å². The van der Waals surface area contributed by atoms with Crippen molar-refractivity contribution in [2.75, 3.05) is 18.5 Å². The summed E-state index contributed by atoms with van der Waals surface area (Å²) in [6.45, 7) is 0.747. The van der Waals surface area contributed by atoms with Gasteiger partial charge in [-0.2, -0.15) is 9.97 Å². The number of aliphatic hydroxyl groups excluding tert-OH is 2. The summed E-state index contributed by atoms with van der Waals surface area (Å²) in [4.78, 5) is 43.5. The van der Waals surface area contributed by atoms with Crippen molar-refractivity contribution < 1.29 is 43.6 Å². The fraction of sp³-hybridized carbons (Fsp3) is 0.684. The second-order valence-corrected chi connectivity index (χ2v) is 10.3. The molecule has 0 radical (unpaired) electrons. The lowest BCUT2D eigenvalue weighted by Gasteiger charge is -2.21. The lowest BCUT2D eigenvalue weighted by atomic mass is 10.1. The van der Waals surface area contributed by atoms with E-state index in [-0.39, 0.29) is 23.6 Å². The molecule has 4 rings (SSSR count). The number of aliphatic hydroxyl groups is 2. The number of rotatable bonds is 9. The van der Waals surface area contributed by atoms with E-state index in [1.54, 1.807) is 0 Å². The van der Waals surface area contributed by atoms with Crippen molar-refractivity contribution in [2.45, 2.75) is 69.0 Å². The molecule has 5 N–H and O–H groups in total. The minimum Gasteiger partial charge on any atom is -0.464 e. The van der Waals surface area contributed by atoms with Crippen LogP contribution in [0.1, 0.15) is 38.8 Å². The number of hydrogen-bond acceptors (Lipinski definition) is 11. The smallest absolute Gasteiger partial charge is 0.365 e. The number of aromatic nitrogens is 4. The number of nitrogens with one attached hydrogen (secondary N) is 1. The van der Waals surface area contributed by atoms with E-state index in [4.69, 9.17) is 21.1 Å². The highest BCUT2D eigenvalue weighted by atomic mass is 35.5. The lowest BCUT2D eigenvalue weighted by Crippen LogP contribution is -2.36. The van der Waals surface area contributed by atoms with Gasteiger partial charge in [0.1, 0.15) is 18.3 Å². The number of anilines is 1. The molecule has 5 atom stereocenters. The molecule has 1 saturated heterocycles. The van der Waals surface area contributed by atoms with Gasteiger partial charge in [0.25, 0.3) is 5.85 Å². The highest BCUT2D eigenvalue weighted by Crippen LogP contribution is 2.43. The molecule has 0 aromatic carbocycles. The molecule has 1 aliphatic heterocycles. The van der Waals surface area contributed by atoms with Crippen LogP contribution in [0, 0.1) is 0 Å². The highest BCUT2D eigenvalue weighted by molar-refractivity contribution is 7.53. The Balaban J connectivity index is 1.53. The molecular formula is C19H27ClN5O9P. The monoisotopic (exact) mass is 535 g/mol. The maximum Gasteiger partial charge on any atom is 0.365 e. The third kappa shape index (κ3) is 5.59.